The normalized spacial score (nSPS) is 10.3. The van der Waals surface area contributed by atoms with Crippen molar-refractivity contribution in [1.29, 1.82) is 0 Å². The van der Waals surface area contributed by atoms with Crippen LogP contribution in [0.5, 0.6) is 0 Å². The van der Waals surface area contributed by atoms with Gasteiger partial charge in [0.15, 0.2) is 0 Å². The zero-order valence-corrected chi connectivity index (χ0v) is 8.06. The first-order valence-corrected chi connectivity index (χ1v) is 4.84. The molecule has 1 aromatic heterocycles. The molecule has 0 saturated carbocycles. The lowest BCUT2D eigenvalue weighted by Gasteiger charge is -1.87. The summed E-state index contributed by atoms with van der Waals surface area (Å²) in [4.78, 5) is 4.03. The van der Waals surface area contributed by atoms with Gasteiger partial charge in [0, 0.05) is 14.6 Å². The minimum Gasteiger partial charge on any atom is -0.144 e. The van der Waals surface area contributed by atoms with E-state index in [0.29, 0.717) is 0 Å². The van der Waals surface area contributed by atoms with E-state index in [9.17, 15) is 0 Å². The van der Waals surface area contributed by atoms with Crippen molar-refractivity contribution >= 4 is 24.0 Å². The van der Waals surface area contributed by atoms with E-state index in [0.717, 1.165) is 12.8 Å². The van der Waals surface area contributed by atoms with Crippen LogP contribution in [0.1, 0.15) is 23.6 Å². The molecule has 1 rings (SSSR count). The molecule has 0 radical (unpaired) electrons. The molecule has 10 heavy (non-hydrogen) atoms. The van der Waals surface area contributed by atoms with Gasteiger partial charge in [0.2, 0.25) is 0 Å². The van der Waals surface area contributed by atoms with Crippen molar-refractivity contribution in [3.05, 3.63) is 15.8 Å². The minimum absolute atomic E-state index is 1.11. The summed E-state index contributed by atoms with van der Waals surface area (Å²) in [6, 6.07) is 2.17. The van der Waals surface area contributed by atoms with E-state index in [1.54, 1.807) is 0 Å². The van der Waals surface area contributed by atoms with Gasteiger partial charge >= 0.3 is 0 Å². The Morgan fingerprint density at radius 2 is 2.10 bits per heavy atom. The summed E-state index contributed by atoms with van der Waals surface area (Å²) < 4.78 is 0. The third-order valence-corrected chi connectivity index (χ3v) is 3.48. The molecule has 0 aliphatic heterocycles. The van der Waals surface area contributed by atoms with Gasteiger partial charge in [-0.1, -0.05) is 13.8 Å². The third-order valence-electron chi connectivity index (χ3n) is 1.51. The van der Waals surface area contributed by atoms with Gasteiger partial charge in [-0.3, -0.25) is 0 Å². The van der Waals surface area contributed by atoms with Crippen molar-refractivity contribution < 1.29 is 0 Å². The number of thiol groups is 1. The molecule has 1 aromatic rings. The Bertz CT molecular complexity index is 213. The molecule has 0 unspecified atom stereocenters. The monoisotopic (exact) mass is 172 g/mol. The quantitative estimate of drug-likeness (QED) is 0.651. The number of hydrogen-bond acceptors (Lipinski definition) is 2. The molecule has 0 amide bonds. The highest BCUT2D eigenvalue weighted by atomic mass is 32.1. The lowest BCUT2D eigenvalue weighted by atomic mass is 10.3. The van der Waals surface area contributed by atoms with Crippen LogP contribution in [-0.4, -0.2) is 0 Å². The van der Waals surface area contributed by atoms with Gasteiger partial charge in [0.05, 0.1) is 0 Å². The zero-order valence-electron chi connectivity index (χ0n) is 6.35. The van der Waals surface area contributed by atoms with Gasteiger partial charge in [-0.25, -0.2) is 0 Å². The van der Waals surface area contributed by atoms with Crippen LogP contribution in [0, 0.1) is 0 Å². The zero-order chi connectivity index (χ0) is 7.56. The summed E-state index contributed by atoms with van der Waals surface area (Å²) in [6.07, 6.45) is 2.25. The molecule has 0 N–H and O–H groups in total. The van der Waals surface area contributed by atoms with Crippen molar-refractivity contribution in [2.45, 2.75) is 31.6 Å². The summed E-state index contributed by atoms with van der Waals surface area (Å²) in [5.74, 6) is 0. The van der Waals surface area contributed by atoms with Gasteiger partial charge in [-0.15, -0.1) is 24.0 Å². The second-order valence-electron chi connectivity index (χ2n) is 2.23. The maximum Gasteiger partial charge on any atom is 0.0182 e. The van der Waals surface area contributed by atoms with Crippen molar-refractivity contribution in [3.63, 3.8) is 0 Å². The molecule has 0 fully saturated rings. The summed E-state index contributed by atoms with van der Waals surface area (Å²) in [5.41, 5.74) is 0. The van der Waals surface area contributed by atoms with Crippen LogP contribution in [0.25, 0.3) is 0 Å². The highest BCUT2D eigenvalue weighted by molar-refractivity contribution is 7.80. The topological polar surface area (TPSA) is 0 Å². The molecule has 0 bridgehead atoms. The van der Waals surface area contributed by atoms with E-state index < -0.39 is 0 Å². The molecule has 2 heteroatoms. The first kappa shape index (κ1) is 8.15. The first-order chi connectivity index (χ1) is 4.77. The van der Waals surface area contributed by atoms with Crippen LogP contribution < -0.4 is 0 Å². The van der Waals surface area contributed by atoms with Crippen LogP contribution in [-0.2, 0) is 12.8 Å². The number of rotatable bonds is 2. The van der Waals surface area contributed by atoms with Crippen molar-refractivity contribution in [3.8, 4) is 0 Å². The molecule has 0 aliphatic rings. The second kappa shape index (κ2) is 3.44. The van der Waals surface area contributed by atoms with Crippen molar-refractivity contribution in [1.82, 2.24) is 0 Å². The Labute approximate surface area is 71.7 Å². The number of hydrogen-bond donors (Lipinski definition) is 1. The van der Waals surface area contributed by atoms with Crippen LogP contribution in [0.15, 0.2) is 11.0 Å². The lowest BCUT2D eigenvalue weighted by molar-refractivity contribution is 1.13. The molecule has 0 spiro atoms. The Kier molecular flexibility index (Phi) is 2.81. The predicted molar refractivity (Wildman–Crippen MR) is 50.3 cm³/mol. The van der Waals surface area contributed by atoms with Crippen molar-refractivity contribution in [2.24, 2.45) is 0 Å². The predicted octanol–water partition coefficient (Wildman–Crippen LogP) is 3.16. The summed E-state index contributed by atoms with van der Waals surface area (Å²) >= 11 is 6.25. The van der Waals surface area contributed by atoms with Crippen LogP contribution in [0.3, 0.4) is 0 Å². The van der Waals surface area contributed by atoms with E-state index in [1.165, 1.54) is 14.6 Å². The highest BCUT2D eigenvalue weighted by Crippen LogP contribution is 2.25. The molecule has 0 nitrogen and oxygen atoms in total. The Morgan fingerprint density at radius 3 is 2.40 bits per heavy atom. The standard InChI is InChI=1S/C8H12S2/c1-3-6-5-7(9)8(4-2)10-6/h5,9H,3-4H2,1-2H3. The third kappa shape index (κ3) is 1.55. The minimum atomic E-state index is 1.11. The molecular formula is C8H12S2. The average molecular weight is 172 g/mol. The summed E-state index contributed by atoms with van der Waals surface area (Å²) in [6.45, 7) is 4.35. The van der Waals surface area contributed by atoms with E-state index in [-0.39, 0.29) is 0 Å². The fourth-order valence-electron chi connectivity index (χ4n) is 0.900. The maximum absolute atomic E-state index is 4.36. The summed E-state index contributed by atoms with van der Waals surface area (Å²) in [5, 5.41) is 0. The smallest absolute Gasteiger partial charge is 0.0182 e. The van der Waals surface area contributed by atoms with Gasteiger partial charge in [0.25, 0.3) is 0 Å². The maximum atomic E-state index is 4.36. The Hall–Kier alpha value is 0.0500. The first-order valence-electron chi connectivity index (χ1n) is 3.58. The lowest BCUT2D eigenvalue weighted by Crippen LogP contribution is -1.69. The van der Waals surface area contributed by atoms with E-state index in [1.807, 2.05) is 11.3 Å². The SMILES string of the molecule is CCc1cc(S)c(CC)s1. The van der Waals surface area contributed by atoms with Gasteiger partial charge in [-0.05, 0) is 18.9 Å². The van der Waals surface area contributed by atoms with Crippen LogP contribution >= 0.6 is 24.0 Å². The molecule has 0 aliphatic carbocycles. The van der Waals surface area contributed by atoms with Gasteiger partial charge in [-0.2, -0.15) is 0 Å². The number of thiophene rings is 1. The largest absolute Gasteiger partial charge is 0.144 e. The van der Waals surface area contributed by atoms with Gasteiger partial charge in [0.1, 0.15) is 0 Å². The van der Waals surface area contributed by atoms with Gasteiger partial charge < -0.3 is 0 Å². The molecule has 0 saturated heterocycles. The molecule has 1 heterocycles. The molecule has 56 valence electrons. The van der Waals surface area contributed by atoms with E-state index >= 15 is 0 Å². The van der Waals surface area contributed by atoms with Crippen LogP contribution in [0.2, 0.25) is 0 Å². The summed E-state index contributed by atoms with van der Waals surface area (Å²) in [7, 11) is 0. The highest BCUT2D eigenvalue weighted by Gasteiger charge is 2.01. The second-order valence-corrected chi connectivity index (χ2v) is 3.93. The molecular weight excluding hydrogens is 160 g/mol. The van der Waals surface area contributed by atoms with Crippen molar-refractivity contribution in [2.75, 3.05) is 0 Å². The van der Waals surface area contributed by atoms with E-state index in [2.05, 4.69) is 32.5 Å². The molecule has 0 aromatic carbocycles. The van der Waals surface area contributed by atoms with E-state index in [4.69, 9.17) is 0 Å². The Morgan fingerprint density at radius 1 is 1.40 bits per heavy atom. The Balaban J connectivity index is 2.92. The van der Waals surface area contributed by atoms with Crippen LogP contribution in [0.4, 0.5) is 0 Å². The number of aryl methyl sites for hydroxylation is 2. The average Bonchev–Trinajstić information content (AvgIpc) is 2.30. The fourth-order valence-corrected chi connectivity index (χ4v) is 2.38. The molecule has 0 atom stereocenters. The fraction of sp³-hybridized carbons (Fsp3) is 0.500.